The molecule has 0 aliphatic heterocycles. The topological polar surface area (TPSA) is 20.2 Å². The van der Waals surface area contributed by atoms with Crippen molar-refractivity contribution in [2.75, 3.05) is 0 Å². The van der Waals surface area contributed by atoms with Crippen LogP contribution in [0, 0.1) is 5.92 Å². The fraction of sp³-hybridized carbons (Fsp3) is 1.00. The maximum atomic E-state index is 6.47. The van der Waals surface area contributed by atoms with E-state index in [2.05, 4.69) is 32.6 Å². The molecule has 0 aromatic carbocycles. The van der Waals surface area contributed by atoms with Crippen molar-refractivity contribution in [2.45, 2.75) is 46.5 Å². The van der Waals surface area contributed by atoms with Crippen LogP contribution in [0.4, 0.5) is 0 Å². The molecule has 0 spiro atoms. The molecule has 10 heavy (non-hydrogen) atoms. The zero-order valence-corrected chi connectivity index (χ0v) is 7.99. The van der Waals surface area contributed by atoms with Gasteiger partial charge in [-0.25, -0.2) is 0 Å². The van der Waals surface area contributed by atoms with Crippen molar-refractivity contribution >= 4 is 11.9 Å². The van der Waals surface area contributed by atoms with Gasteiger partial charge < -0.3 is 0 Å². The van der Waals surface area contributed by atoms with Crippen molar-refractivity contribution in [3.8, 4) is 0 Å². The average Bonchev–Trinajstić information content (AvgIpc) is 1.93. The van der Waals surface area contributed by atoms with E-state index in [1.165, 1.54) is 25.7 Å². The normalized spacial score (nSPS) is 9.00. The molecule has 0 unspecified atom stereocenters. The standard InChI is InChI=1S/C8H18.ClHO/c1-4-6-8(3)7-5-2;1-2/h8H,4-7H2,1-3H3;2H. The van der Waals surface area contributed by atoms with Crippen molar-refractivity contribution in [1.82, 2.24) is 0 Å². The molecule has 0 aliphatic rings. The molecular weight excluding hydrogens is 148 g/mol. The summed E-state index contributed by atoms with van der Waals surface area (Å²) in [6, 6.07) is 0. The largest absolute Gasteiger partial charge is 0.295 e. The minimum absolute atomic E-state index is 0.963. The first-order valence-corrected chi connectivity index (χ1v) is 4.32. The Morgan fingerprint density at radius 1 is 1.10 bits per heavy atom. The molecule has 0 amide bonds. The highest BCUT2D eigenvalue weighted by atomic mass is 35.5. The smallest absolute Gasteiger partial charge is 0.0579 e. The lowest BCUT2D eigenvalue weighted by molar-refractivity contribution is 0.480. The van der Waals surface area contributed by atoms with Gasteiger partial charge in [-0.05, 0) is 5.92 Å². The van der Waals surface area contributed by atoms with Crippen molar-refractivity contribution in [1.29, 1.82) is 0 Å². The summed E-state index contributed by atoms with van der Waals surface area (Å²) in [5.74, 6) is 0.963. The van der Waals surface area contributed by atoms with E-state index in [-0.39, 0.29) is 0 Å². The van der Waals surface area contributed by atoms with Gasteiger partial charge in [-0.15, -0.1) is 0 Å². The molecule has 0 rings (SSSR count). The summed E-state index contributed by atoms with van der Waals surface area (Å²) in [6.07, 6.45) is 5.52. The third-order valence-corrected chi connectivity index (χ3v) is 1.56. The van der Waals surface area contributed by atoms with Crippen molar-refractivity contribution in [2.24, 2.45) is 5.92 Å². The zero-order valence-electron chi connectivity index (χ0n) is 7.23. The molecule has 0 saturated carbocycles. The van der Waals surface area contributed by atoms with Gasteiger partial charge >= 0.3 is 0 Å². The van der Waals surface area contributed by atoms with Gasteiger partial charge in [0.15, 0.2) is 0 Å². The minimum Gasteiger partial charge on any atom is -0.295 e. The molecule has 0 aromatic heterocycles. The van der Waals surface area contributed by atoms with Crippen LogP contribution in [0.25, 0.3) is 0 Å². The Hall–Kier alpha value is 0.250. The van der Waals surface area contributed by atoms with E-state index >= 15 is 0 Å². The Labute approximate surface area is 69.6 Å². The molecule has 0 aliphatic carbocycles. The zero-order chi connectivity index (χ0) is 8.41. The molecule has 0 radical (unpaired) electrons. The highest BCUT2D eigenvalue weighted by Gasteiger charge is 1.95. The Balaban J connectivity index is 0. The maximum Gasteiger partial charge on any atom is 0.0579 e. The van der Waals surface area contributed by atoms with E-state index < -0.39 is 0 Å². The van der Waals surface area contributed by atoms with Gasteiger partial charge in [0.2, 0.25) is 0 Å². The highest BCUT2D eigenvalue weighted by molar-refractivity contribution is 6.04. The van der Waals surface area contributed by atoms with E-state index in [9.17, 15) is 0 Å². The van der Waals surface area contributed by atoms with Gasteiger partial charge in [-0.1, -0.05) is 46.5 Å². The Bertz CT molecular complexity index is 42.5. The minimum atomic E-state index is 0.963. The van der Waals surface area contributed by atoms with Crippen LogP contribution < -0.4 is 0 Å². The Morgan fingerprint density at radius 3 is 1.60 bits per heavy atom. The molecule has 0 heterocycles. The quantitative estimate of drug-likeness (QED) is 0.679. The molecular formula is C8H19ClO. The van der Waals surface area contributed by atoms with Crippen molar-refractivity contribution in [3.05, 3.63) is 0 Å². The first-order valence-electron chi connectivity index (χ1n) is 3.98. The van der Waals surface area contributed by atoms with Gasteiger partial charge in [0.05, 0.1) is 11.9 Å². The average molecular weight is 167 g/mol. The van der Waals surface area contributed by atoms with Gasteiger partial charge in [0.1, 0.15) is 0 Å². The molecule has 0 saturated heterocycles. The first-order chi connectivity index (χ1) is 4.81. The number of rotatable bonds is 4. The first kappa shape index (κ1) is 12.9. The van der Waals surface area contributed by atoms with Crippen LogP contribution in [0.15, 0.2) is 0 Å². The lowest BCUT2D eigenvalue weighted by atomic mass is 10.0. The van der Waals surface area contributed by atoms with Crippen LogP contribution in [0.3, 0.4) is 0 Å². The third-order valence-electron chi connectivity index (χ3n) is 1.56. The monoisotopic (exact) mass is 166 g/mol. The molecule has 0 atom stereocenters. The number of hydrogen-bond donors (Lipinski definition) is 1. The summed E-state index contributed by atoms with van der Waals surface area (Å²) in [4.78, 5) is 0. The van der Waals surface area contributed by atoms with Crippen LogP contribution >= 0.6 is 11.9 Å². The van der Waals surface area contributed by atoms with E-state index in [1.54, 1.807) is 0 Å². The van der Waals surface area contributed by atoms with Gasteiger partial charge in [-0.3, -0.25) is 4.66 Å². The summed E-state index contributed by atoms with van der Waals surface area (Å²) in [5.41, 5.74) is 0. The summed E-state index contributed by atoms with van der Waals surface area (Å²) >= 11 is 3.64. The van der Waals surface area contributed by atoms with E-state index in [4.69, 9.17) is 4.66 Å². The second-order valence-corrected chi connectivity index (χ2v) is 2.68. The van der Waals surface area contributed by atoms with Crippen molar-refractivity contribution < 1.29 is 4.66 Å². The highest BCUT2D eigenvalue weighted by Crippen LogP contribution is 2.10. The molecule has 0 bridgehead atoms. The predicted molar refractivity (Wildman–Crippen MR) is 47.1 cm³/mol. The SMILES string of the molecule is CCCC(C)CCC.OCl. The van der Waals surface area contributed by atoms with Gasteiger partial charge in [0, 0.05) is 0 Å². The molecule has 64 valence electrons. The second-order valence-electron chi connectivity index (χ2n) is 2.68. The van der Waals surface area contributed by atoms with Crippen LogP contribution in [-0.4, -0.2) is 4.66 Å². The van der Waals surface area contributed by atoms with Crippen LogP contribution in [0.5, 0.6) is 0 Å². The predicted octanol–water partition coefficient (Wildman–Crippen LogP) is 3.36. The van der Waals surface area contributed by atoms with E-state index in [0.29, 0.717) is 0 Å². The van der Waals surface area contributed by atoms with Crippen LogP contribution in [0.1, 0.15) is 46.5 Å². The number of halogens is 1. The van der Waals surface area contributed by atoms with Gasteiger partial charge in [-0.2, -0.15) is 0 Å². The fourth-order valence-electron chi connectivity index (χ4n) is 1.13. The lowest BCUT2D eigenvalue weighted by Crippen LogP contribution is -1.91. The van der Waals surface area contributed by atoms with E-state index in [0.717, 1.165) is 5.92 Å². The summed E-state index contributed by atoms with van der Waals surface area (Å²) in [5, 5.41) is 0. The molecule has 1 nitrogen and oxygen atoms in total. The summed E-state index contributed by atoms with van der Waals surface area (Å²) in [6.45, 7) is 6.85. The molecule has 0 fully saturated rings. The molecule has 2 heteroatoms. The van der Waals surface area contributed by atoms with Crippen LogP contribution in [-0.2, 0) is 0 Å². The summed E-state index contributed by atoms with van der Waals surface area (Å²) < 4.78 is 6.47. The van der Waals surface area contributed by atoms with Crippen molar-refractivity contribution in [3.63, 3.8) is 0 Å². The Kier molecular flexibility index (Phi) is 15.4. The Morgan fingerprint density at radius 2 is 1.40 bits per heavy atom. The van der Waals surface area contributed by atoms with E-state index in [1.807, 2.05) is 0 Å². The summed E-state index contributed by atoms with van der Waals surface area (Å²) in [7, 11) is 0. The van der Waals surface area contributed by atoms with Gasteiger partial charge in [0.25, 0.3) is 0 Å². The molecule has 1 N–H and O–H groups in total. The second kappa shape index (κ2) is 12.0. The van der Waals surface area contributed by atoms with Crippen LogP contribution in [0.2, 0.25) is 0 Å². The lowest BCUT2D eigenvalue weighted by Gasteiger charge is -2.05. The molecule has 0 aromatic rings. The third kappa shape index (κ3) is 11.1. The fourth-order valence-corrected chi connectivity index (χ4v) is 1.13. The maximum absolute atomic E-state index is 6.47. The number of hydrogen-bond acceptors (Lipinski definition) is 1.